The van der Waals surface area contributed by atoms with E-state index in [-0.39, 0.29) is 11.1 Å². The van der Waals surface area contributed by atoms with Crippen molar-refractivity contribution in [1.29, 1.82) is 0 Å². The van der Waals surface area contributed by atoms with Crippen molar-refractivity contribution in [1.82, 2.24) is 0 Å². The zero-order chi connectivity index (χ0) is 16.0. The molecule has 0 spiro atoms. The predicted octanol–water partition coefficient (Wildman–Crippen LogP) is 6.00. The van der Waals surface area contributed by atoms with Crippen molar-refractivity contribution in [2.24, 2.45) is 0 Å². The maximum Gasteiger partial charge on any atom is 0.264 e. The molecule has 1 aliphatic carbocycles. The normalized spacial score (nSPS) is 12.3. The van der Waals surface area contributed by atoms with E-state index in [0.717, 1.165) is 22.3 Å². The van der Waals surface area contributed by atoms with E-state index in [1.165, 1.54) is 12.1 Å². The lowest BCUT2D eigenvalue weighted by molar-refractivity contribution is 0.152. The number of hydrogen-bond donors (Lipinski definition) is 0. The maximum atomic E-state index is 14.3. The molecule has 0 unspecified atom stereocenters. The molecule has 114 valence electrons. The van der Waals surface area contributed by atoms with E-state index in [9.17, 15) is 13.2 Å². The van der Waals surface area contributed by atoms with E-state index in [4.69, 9.17) is 0 Å². The van der Waals surface area contributed by atoms with Gasteiger partial charge in [-0.1, -0.05) is 54.6 Å². The van der Waals surface area contributed by atoms with Gasteiger partial charge in [-0.25, -0.2) is 13.2 Å². The first-order valence-corrected chi connectivity index (χ1v) is 7.44. The molecule has 0 aliphatic heterocycles. The van der Waals surface area contributed by atoms with Crippen molar-refractivity contribution >= 4 is 0 Å². The largest absolute Gasteiger partial charge is 0.264 e. The smallest absolute Gasteiger partial charge is 0.206 e. The molecule has 0 N–H and O–H groups in total. The van der Waals surface area contributed by atoms with Crippen molar-refractivity contribution in [3.8, 4) is 22.3 Å². The van der Waals surface area contributed by atoms with Crippen molar-refractivity contribution in [3.05, 3.63) is 83.2 Å². The molecule has 0 bridgehead atoms. The molecule has 0 fully saturated rings. The second kappa shape index (κ2) is 5.27. The second-order valence-corrected chi connectivity index (χ2v) is 5.67. The van der Waals surface area contributed by atoms with Crippen LogP contribution in [0.5, 0.6) is 0 Å². The van der Waals surface area contributed by atoms with Crippen molar-refractivity contribution in [2.75, 3.05) is 0 Å². The van der Waals surface area contributed by atoms with Crippen LogP contribution < -0.4 is 0 Å². The van der Waals surface area contributed by atoms with Crippen LogP contribution in [0.1, 0.15) is 23.1 Å². The average molecular weight is 310 g/mol. The second-order valence-electron chi connectivity index (χ2n) is 5.67. The highest BCUT2D eigenvalue weighted by Gasteiger charge is 2.27. The highest BCUT2D eigenvalue weighted by molar-refractivity contribution is 5.86. The molecule has 3 aromatic rings. The zero-order valence-electron chi connectivity index (χ0n) is 12.2. The topological polar surface area (TPSA) is 0 Å². The van der Waals surface area contributed by atoms with Crippen LogP contribution in [0, 0.1) is 5.82 Å². The van der Waals surface area contributed by atoms with Crippen LogP contribution in [0.15, 0.2) is 60.7 Å². The van der Waals surface area contributed by atoms with Gasteiger partial charge in [-0.3, -0.25) is 0 Å². The summed E-state index contributed by atoms with van der Waals surface area (Å²) in [5.41, 5.74) is 4.31. The monoisotopic (exact) mass is 310 g/mol. The fraction of sp³-hybridized carbons (Fsp3) is 0.100. The quantitative estimate of drug-likeness (QED) is 0.426. The van der Waals surface area contributed by atoms with Crippen LogP contribution in [-0.2, 0) is 6.42 Å². The average Bonchev–Trinajstić information content (AvgIpc) is 2.93. The summed E-state index contributed by atoms with van der Waals surface area (Å²) in [5.74, 6) is -0.473. The number of rotatable bonds is 2. The van der Waals surface area contributed by atoms with Gasteiger partial charge in [-0.05, 0) is 40.3 Å². The predicted molar refractivity (Wildman–Crippen MR) is 85.0 cm³/mol. The third-order valence-electron chi connectivity index (χ3n) is 4.40. The summed E-state index contributed by atoms with van der Waals surface area (Å²) in [6.07, 6.45) is -2.09. The van der Waals surface area contributed by atoms with Crippen LogP contribution >= 0.6 is 0 Å². The minimum atomic E-state index is -2.64. The molecule has 4 rings (SSSR count). The Kier molecular flexibility index (Phi) is 3.22. The first-order chi connectivity index (χ1) is 11.2. The Bertz CT molecular complexity index is 897. The number of alkyl halides is 2. The zero-order valence-corrected chi connectivity index (χ0v) is 12.2. The van der Waals surface area contributed by atoms with E-state index in [1.54, 1.807) is 24.3 Å². The van der Waals surface area contributed by atoms with Gasteiger partial charge in [0.05, 0.1) is 0 Å². The molecule has 0 saturated carbocycles. The highest BCUT2D eigenvalue weighted by atomic mass is 19.3. The molecule has 3 heteroatoms. The Morgan fingerprint density at radius 3 is 2.17 bits per heavy atom. The van der Waals surface area contributed by atoms with Crippen LogP contribution in [-0.4, -0.2) is 0 Å². The summed E-state index contributed by atoms with van der Waals surface area (Å²) in [7, 11) is 0. The molecule has 0 radical (unpaired) electrons. The van der Waals surface area contributed by atoms with E-state index in [0.29, 0.717) is 12.0 Å². The molecule has 23 heavy (non-hydrogen) atoms. The number of fused-ring (bicyclic) bond motifs is 3. The molecule has 0 aromatic heterocycles. The molecule has 1 aliphatic rings. The van der Waals surface area contributed by atoms with Crippen molar-refractivity contribution < 1.29 is 13.2 Å². The van der Waals surface area contributed by atoms with Gasteiger partial charge in [0.2, 0.25) is 0 Å². The van der Waals surface area contributed by atoms with Crippen LogP contribution in [0.2, 0.25) is 0 Å². The number of halogens is 3. The highest BCUT2D eigenvalue weighted by Crippen LogP contribution is 2.45. The van der Waals surface area contributed by atoms with Gasteiger partial charge in [-0.15, -0.1) is 0 Å². The third kappa shape index (κ3) is 2.15. The molecule has 0 heterocycles. The number of hydrogen-bond acceptors (Lipinski definition) is 0. The van der Waals surface area contributed by atoms with Gasteiger partial charge in [-0.2, -0.15) is 0 Å². The lowest BCUT2D eigenvalue weighted by Gasteiger charge is -2.15. The lowest BCUT2D eigenvalue weighted by atomic mass is 9.91. The minimum Gasteiger partial charge on any atom is -0.206 e. The minimum absolute atomic E-state index is 0.110. The molecular weight excluding hydrogens is 297 g/mol. The Morgan fingerprint density at radius 1 is 0.739 bits per heavy atom. The van der Waals surface area contributed by atoms with E-state index < -0.39 is 12.2 Å². The Labute approximate surface area is 132 Å². The standard InChI is InChI=1S/C20H13F3/c21-18-8-4-3-7-15(18)19-16(20(22)23)10-9-14-13-6-2-1-5-12(13)11-17(14)19/h1-10,20H,11H2. The summed E-state index contributed by atoms with van der Waals surface area (Å²) >= 11 is 0. The number of benzene rings is 3. The summed E-state index contributed by atoms with van der Waals surface area (Å²) in [6, 6.07) is 17.1. The SMILES string of the molecule is Fc1ccccc1-c1c(C(F)F)ccc2c1Cc1ccccc1-2. The van der Waals surface area contributed by atoms with Gasteiger partial charge in [0.1, 0.15) is 5.82 Å². The Hall–Kier alpha value is -2.55. The lowest BCUT2D eigenvalue weighted by Crippen LogP contribution is -1.98. The molecule has 0 saturated heterocycles. The van der Waals surface area contributed by atoms with Gasteiger partial charge in [0.15, 0.2) is 0 Å². The van der Waals surface area contributed by atoms with E-state index in [2.05, 4.69) is 0 Å². The fourth-order valence-electron chi connectivity index (χ4n) is 3.39. The Morgan fingerprint density at radius 2 is 1.43 bits per heavy atom. The molecule has 0 atom stereocenters. The van der Waals surface area contributed by atoms with Crippen molar-refractivity contribution in [2.45, 2.75) is 12.8 Å². The molecule has 3 aromatic carbocycles. The summed E-state index contributed by atoms with van der Waals surface area (Å²) in [6.45, 7) is 0. The third-order valence-corrected chi connectivity index (χ3v) is 4.40. The first-order valence-electron chi connectivity index (χ1n) is 7.44. The molecule has 0 nitrogen and oxygen atoms in total. The van der Waals surface area contributed by atoms with Crippen molar-refractivity contribution in [3.63, 3.8) is 0 Å². The first kappa shape index (κ1) is 14.1. The summed E-state index contributed by atoms with van der Waals surface area (Å²) in [5, 5.41) is 0. The van der Waals surface area contributed by atoms with Gasteiger partial charge >= 0.3 is 0 Å². The van der Waals surface area contributed by atoms with E-state index in [1.807, 2.05) is 24.3 Å². The van der Waals surface area contributed by atoms with Crippen LogP contribution in [0.3, 0.4) is 0 Å². The summed E-state index contributed by atoms with van der Waals surface area (Å²) in [4.78, 5) is 0. The van der Waals surface area contributed by atoms with Gasteiger partial charge in [0.25, 0.3) is 6.43 Å². The van der Waals surface area contributed by atoms with Gasteiger partial charge in [0, 0.05) is 11.1 Å². The fourth-order valence-corrected chi connectivity index (χ4v) is 3.39. The van der Waals surface area contributed by atoms with E-state index >= 15 is 0 Å². The molecule has 0 amide bonds. The summed E-state index contributed by atoms with van der Waals surface area (Å²) < 4.78 is 41.3. The van der Waals surface area contributed by atoms with Gasteiger partial charge < -0.3 is 0 Å². The van der Waals surface area contributed by atoms with Crippen LogP contribution in [0.4, 0.5) is 13.2 Å². The molecular formula is C20H13F3. The Balaban J connectivity index is 2.03. The maximum absolute atomic E-state index is 14.3. The van der Waals surface area contributed by atoms with Crippen LogP contribution in [0.25, 0.3) is 22.3 Å².